The number of nitrogens with zero attached hydrogens (tertiary/aromatic N) is 2. The maximum Gasteiger partial charge on any atom is 0.243 e. The van der Waals surface area contributed by atoms with Gasteiger partial charge in [-0.15, -0.1) is 0 Å². The Morgan fingerprint density at radius 3 is 1.91 bits per heavy atom. The number of nitrogens with one attached hydrogen (secondary N) is 3. The Labute approximate surface area is 193 Å². The van der Waals surface area contributed by atoms with Gasteiger partial charge in [0.25, 0.3) is 0 Å². The average Bonchev–Trinajstić information content (AvgIpc) is 2.74. The van der Waals surface area contributed by atoms with E-state index in [1.807, 2.05) is 0 Å². The van der Waals surface area contributed by atoms with E-state index in [-0.39, 0.29) is 37.3 Å². The number of guanidine groups is 2. The van der Waals surface area contributed by atoms with Crippen LogP contribution in [0.4, 0.5) is 0 Å². The first kappa shape index (κ1) is 29.6. The van der Waals surface area contributed by atoms with Gasteiger partial charge in [0.15, 0.2) is 11.9 Å². The third kappa shape index (κ3) is 14.3. The third-order valence-corrected chi connectivity index (χ3v) is 4.50. The first-order chi connectivity index (χ1) is 15.5. The summed E-state index contributed by atoms with van der Waals surface area (Å²) in [6, 6.07) is -2.48. The molecule has 0 unspecified atom stereocenters. The zero-order valence-corrected chi connectivity index (χ0v) is 19.3. The number of hydrogen-bond acceptors (Lipinski definition) is 7. The molecule has 0 bridgehead atoms. The quantitative estimate of drug-likeness (QED) is 0.0478. The van der Waals surface area contributed by atoms with E-state index in [1.54, 1.807) is 13.8 Å². The van der Waals surface area contributed by atoms with Crippen LogP contribution in [0, 0.1) is 5.92 Å². The van der Waals surface area contributed by atoms with Crippen LogP contribution in [0.3, 0.4) is 0 Å². The highest BCUT2D eigenvalue weighted by atomic mass is 16.2. The molecule has 0 saturated carbocycles. The van der Waals surface area contributed by atoms with Crippen molar-refractivity contribution >= 4 is 35.9 Å². The molecule has 0 saturated heterocycles. The van der Waals surface area contributed by atoms with Crippen LogP contribution in [0.5, 0.6) is 0 Å². The lowest BCUT2D eigenvalue weighted by molar-refractivity contribution is -0.131. The normalized spacial score (nSPS) is 13.2. The van der Waals surface area contributed by atoms with Crippen molar-refractivity contribution in [2.75, 3.05) is 19.6 Å². The predicted octanol–water partition coefficient (Wildman–Crippen LogP) is -3.64. The molecule has 0 aliphatic carbocycles. The van der Waals surface area contributed by atoms with Crippen LogP contribution in [-0.4, -0.2) is 73.7 Å². The van der Waals surface area contributed by atoms with Gasteiger partial charge in [0, 0.05) is 13.1 Å². The molecule has 0 heterocycles. The summed E-state index contributed by atoms with van der Waals surface area (Å²) in [6.07, 6.45) is 2.03. The van der Waals surface area contributed by atoms with Crippen molar-refractivity contribution in [1.82, 2.24) is 16.0 Å². The van der Waals surface area contributed by atoms with Gasteiger partial charge in [-0.1, -0.05) is 13.8 Å². The fourth-order valence-electron chi connectivity index (χ4n) is 2.59. The first-order valence-electron chi connectivity index (χ1n) is 10.7. The van der Waals surface area contributed by atoms with Crippen molar-refractivity contribution in [1.29, 1.82) is 0 Å². The molecule has 3 amide bonds. The minimum absolute atomic E-state index is 0.0568. The summed E-state index contributed by atoms with van der Waals surface area (Å²) >= 11 is 0. The van der Waals surface area contributed by atoms with Crippen molar-refractivity contribution in [3.05, 3.63) is 0 Å². The van der Waals surface area contributed by atoms with Crippen LogP contribution < -0.4 is 44.6 Å². The highest BCUT2D eigenvalue weighted by Crippen LogP contribution is 2.03. The van der Waals surface area contributed by atoms with E-state index in [0.717, 1.165) is 0 Å². The number of nitrogens with two attached hydrogens (primary N) is 5. The Morgan fingerprint density at radius 2 is 1.42 bits per heavy atom. The molecule has 14 heteroatoms. The largest absolute Gasteiger partial charge is 0.370 e. The molecule has 188 valence electrons. The summed E-state index contributed by atoms with van der Waals surface area (Å²) in [4.78, 5) is 55.8. The number of carbonyl (C=O) groups is 4. The third-order valence-electron chi connectivity index (χ3n) is 4.50. The highest BCUT2D eigenvalue weighted by molar-refractivity contribution is 5.92. The number of amides is 3. The monoisotopic (exact) mass is 470 g/mol. The Bertz CT molecular complexity index is 703. The van der Waals surface area contributed by atoms with Gasteiger partial charge in [0.05, 0.1) is 18.6 Å². The van der Waals surface area contributed by atoms with E-state index in [2.05, 4.69) is 25.9 Å². The van der Waals surface area contributed by atoms with Gasteiger partial charge >= 0.3 is 0 Å². The molecule has 13 N–H and O–H groups in total. The smallest absolute Gasteiger partial charge is 0.243 e. The minimum Gasteiger partial charge on any atom is -0.370 e. The van der Waals surface area contributed by atoms with Crippen molar-refractivity contribution in [3.63, 3.8) is 0 Å². The summed E-state index contributed by atoms with van der Waals surface area (Å²) in [7, 11) is 0. The van der Waals surface area contributed by atoms with Gasteiger partial charge in [-0.05, 0) is 31.6 Å². The van der Waals surface area contributed by atoms with Crippen molar-refractivity contribution in [2.24, 2.45) is 44.6 Å². The highest BCUT2D eigenvalue weighted by Gasteiger charge is 2.25. The summed E-state index contributed by atoms with van der Waals surface area (Å²) < 4.78 is 0. The second-order valence-electron chi connectivity index (χ2n) is 7.76. The van der Waals surface area contributed by atoms with Crippen LogP contribution in [-0.2, 0) is 19.2 Å². The minimum atomic E-state index is -0.939. The predicted molar refractivity (Wildman–Crippen MR) is 126 cm³/mol. The molecule has 3 atom stereocenters. The average molecular weight is 471 g/mol. The van der Waals surface area contributed by atoms with Crippen LogP contribution >= 0.6 is 0 Å². The molecule has 0 aromatic heterocycles. The summed E-state index contributed by atoms with van der Waals surface area (Å²) in [5.41, 5.74) is 26.9. The van der Waals surface area contributed by atoms with Gasteiger partial charge < -0.3 is 49.4 Å². The Kier molecular flexibility index (Phi) is 14.6. The van der Waals surface area contributed by atoms with E-state index in [0.29, 0.717) is 32.1 Å². The van der Waals surface area contributed by atoms with E-state index >= 15 is 0 Å². The molecule has 0 aliphatic heterocycles. The van der Waals surface area contributed by atoms with Crippen LogP contribution in [0.1, 0.15) is 39.5 Å². The van der Waals surface area contributed by atoms with Crippen molar-refractivity contribution in [3.8, 4) is 0 Å². The number of carbonyl (C=O) groups excluding carboxylic acids is 4. The molecule has 0 spiro atoms. The molecule has 0 fully saturated rings. The molecule has 14 nitrogen and oxygen atoms in total. The second-order valence-corrected chi connectivity index (χ2v) is 7.76. The molecule has 0 aromatic rings. The standard InChI is InChI=1S/C19H38N10O4/c1-11(2)15(20)17(33)29-13(6-4-8-26-19(23)24)16(32)27-9-14(31)28-12(10-30)5-3-7-25-18(21)22/h10-13,15H,3-9,20H2,1-2H3,(H,27,32)(H,28,31)(H,29,33)(H4,21,22,25)(H4,23,24,26)/t12-,13-,15-/m0/s1. The van der Waals surface area contributed by atoms with E-state index in [9.17, 15) is 19.2 Å². The van der Waals surface area contributed by atoms with Gasteiger partial charge in [-0.3, -0.25) is 24.4 Å². The molecule has 0 rings (SSSR count). The molecule has 0 aliphatic rings. The van der Waals surface area contributed by atoms with Crippen LogP contribution in [0.2, 0.25) is 0 Å². The summed E-state index contributed by atoms with van der Waals surface area (Å²) in [6.45, 7) is 3.76. The lowest BCUT2D eigenvalue weighted by Crippen LogP contribution is -2.54. The number of aldehydes is 1. The van der Waals surface area contributed by atoms with Crippen molar-refractivity contribution < 1.29 is 19.2 Å². The number of rotatable bonds is 16. The Balaban J connectivity index is 4.81. The van der Waals surface area contributed by atoms with Crippen LogP contribution in [0.25, 0.3) is 0 Å². The molecular formula is C19H38N10O4. The van der Waals surface area contributed by atoms with Gasteiger partial charge in [-0.2, -0.15) is 0 Å². The number of hydrogen-bond donors (Lipinski definition) is 8. The number of aliphatic imine (C=N–C) groups is 2. The molecule has 33 heavy (non-hydrogen) atoms. The summed E-state index contributed by atoms with van der Waals surface area (Å²) in [5, 5.41) is 7.55. The Morgan fingerprint density at radius 1 is 0.879 bits per heavy atom. The van der Waals surface area contributed by atoms with Crippen LogP contribution in [0.15, 0.2) is 9.98 Å². The van der Waals surface area contributed by atoms with Crippen molar-refractivity contribution in [2.45, 2.75) is 57.7 Å². The molecule has 0 radical (unpaired) electrons. The first-order valence-corrected chi connectivity index (χ1v) is 10.7. The van der Waals surface area contributed by atoms with Gasteiger partial charge in [0.1, 0.15) is 12.3 Å². The lowest BCUT2D eigenvalue weighted by atomic mass is 10.0. The zero-order valence-electron chi connectivity index (χ0n) is 19.3. The van der Waals surface area contributed by atoms with Gasteiger partial charge in [-0.25, -0.2) is 0 Å². The SMILES string of the molecule is CC(C)[C@H](N)C(=O)N[C@@H](CCCN=C(N)N)C(=O)NCC(=O)N[C@H](C=O)CCCN=C(N)N. The maximum absolute atomic E-state index is 12.6. The van der Waals surface area contributed by atoms with Gasteiger partial charge in [0.2, 0.25) is 17.7 Å². The van der Waals surface area contributed by atoms with E-state index in [4.69, 9.17) is 28.7 Å². The fraction of sp³-hybridized carbons (Fsp3) is 0.684. The molecule has 0 aromatic carbocycles. The second kappa shape index (κ2) is 16.2. The molecular weight excluding hydrogens is 432 g/mol. The maximum atomic E-state index is 12.6. The lowest BCUT2D eigenvalue weighted by Gasteiger charge is -2.22. The zero-order chi connectivity index (χ0) is 25.4. The summed E-state index contributed by atoms with van der Waals surface area (Å²) in [5.74, 6) is -1.90. The Hall–Kier alpha value is -3.42. The topological polar surface area (TPSA) is 259 Å². The fourth-order valence-corrected chi connectivity index (χ4v) is 2.59. The van der Waals surface area contributed by atoms with E-state index in [1.165, 1.54) is 0 Å². The van der Waals surface area contributed by atoms with E-state index < -0.39 is 35.8 Å².